The third-order valence-corrected chi connectivity index (χ3v) is 5.32. The van der Waals surface area contributed by atoms with Gasteiger partial charge >= 0.3 is 0 Å². The summed E-state index contributed by atoms with van der Waals surface area (Å²) in [5.41, 5.74) is 1.45. The number of hydrogen-bond donors (Lipinski definition) is 1. The summed E-state index contributed by atoms with van der Waals surface area (Å²) < 4.78 is 40.5. The van der Waals surface area contributed by atoms with E-state index in [1.807, 2.05) is 6.07 Å². The van der Waals surface area contributed by atoms with Gasteiger partial charge in [0, 0.05) is 25.2 Å². The standard InChI is InChI=1S/C17H17FN2O3S/c18-15-7-1-2-8-16(15)24(22,23)19-12-13-5-3-6-14(11-13)20-10-4-9-17(20)21/h1-3,5-8,11,19H,4,9-10,12H2. The molecule has 24 heavy (non-hydrogen) atoms. The van der Waals surface area contributed by atoms with Crippen molar-refractivity contribution in [3.63, 3.8) is 0 Å². The lowest BCUT2D eigenvalue weighted by molar-refractivity contribution is -0.117. The lowest BCUT2D eigenvalue weighted by Crippen LogP contribution is -2.25. The van der Waals surface area contributed by atoms with Gasteiger partial charge in [0.15, 0.2) is 0 Å². The van der Waals surface area contributed by atoms with Crippen molar-refractivity contribution in [2.45, 2.75) is 24.3 Å². The number of benzene rings is 2. The minimum atomic E-state index is -3.94. The number of nitrogens with zero attached hydrogens (tertiary/aromatic N) is 1. The molecular formula is C17H17FN2O3S. The van der Waals surface area contributed by atoms with Crippen LogP contribution < -0.4 is 9.62 Å². The average Bonchev–Trinajstić information content (AvgIpc) is 3.00. The fraction of sp³-hybridized carbons (Fsp3) is 0.235. The first-order chi connectivity index (χ1) is 11.5. The topological polar surface area (TPSA) is 66.5 Å². The Morgan fingerprint density at radius 2 is 1.92 bits per heavy atom. The van der Waals surface area contributed by atoms with Gasteiger partial charge in [-0.2, -0.15) is 0 Å². The van der Waals surface area contributed by atoms with Crippen molar-refractivity contribution in [2.75, 3.05) is 11.4 Å². The highest BCUT2D eigenvalue weighted by atomic mass is 32.2. The number of halogens is 1. The van der Waals surface area contributed by atoms with Crippen LogP contribution in [-0.4, -0.2) is 20.9 Å². The highest BCUT2D eigenvalue weighted by Gasteiger charge is 2.22. The van der Waals surface area contributed by atoms with Crippen LogP contribution in [0.2, 0.25) is 0 Å². The average molecular weight is 348 g/mol. The summed E-state index contributed by atoms with van der Waals surface area (Å²) in [7, 11) is -3.94. The Morgan fingerprint density at radius 3 is 2.62 bits per heavy atom. The van der Waals surface area contributed by atoms with E-state index >= 15 is 0 Å². The number of rotatable bonds is 5. The van der Waals surface area contributed by atoms with Gasteiger partial charge in [-0.25, -0.2) is 17.5 Å². The first-order valence-electron chi connectivity index (χ1n) is 7.61. The molecule has 1 N–H and O–H groups in total. The van der Waals surface area contributed by atoms with Crippen LogP contribution >= 0.6 is 0 Å². The highest BCUT2D eigenvalue weighted by Crippen LogP contribution is 2.22. The zero-order chi connectivity index (χ0) is 17.2. The SMILES string of the molecule is O=C1CCCN1c1cccc(CNS(=O)(=O)c2ccccc2F)c1. The molecule has 1 saturated heterocycles. The molecule has 1 aliphatic rings. The minimum absolute atomic E-state index is 0.0204. The first-order valence-corrected chi connectivity index (χ1v) is 9.09. The molecule has 0 radical (unpaired) electrons. The van der Waals surface area contributed by atoms with Crippen molar-refractivity contribution in [3.05, 3.63) is 59.9 Å². The van der Waals surface area contributed by atoms with Crippen LogP contribution in [0.3, 0.4) is 0 Å². The van der Waals surface area contributed by atoms with E-state index in [1.165, 1.54) is 18.2 Å². The number of sulfonamides is 1. The van der Waals surface area contributed by atoms with Crippen molar-refractivity contribution in [1.29, 1.82) is 0 Å². The molecule has 0 aliphatic carbocycles. The largest absolute Gasteiger partial charge is 0.312 e. The van der Waals surface area contributed by atoms with Crippen LogP contribution in [0.5, 0.6) is 0 Å². The predicted molar refractivity (Wildman–Crippen MR) is 88.5 cm³/mol. The van der Waals surface area contributed by atoms with Crippen molar-refractivity contribution in [1.82, 2.24) is 4.72 Å². The summed E-state index contributed by atoms with van der Waals surface area (Å²) in [5.74, 6) is -0.722. The van der Waals surface area contributed by atoms with Gasteiger partial charge in [-0.05, 0) is 36.2 Å². The molecule has 1 heterocycles. The number of amides is 1. The molecule has 0 atom stereocenters. The molecular weight excluding hydrogens is 331 g/mol. The fourth-order valence-corrected chi connectivity index (χ4v) is 3.77. The van der Waals surface area contributed by atoms with E-state index in [2.05, 4.69) is 4.72 Å². The Bertz CT molecular complexity index is 868. The first kappa shape index (κ1) is 16.6. The summed E-state index contributed by atoms with van der Waals surface area (Å²) in [6.07, 6.45) is 1.35. The van der Waals surface area contributed by atoms with E-state index in [1.54, 1.807) is 23.1 Å². The molecule has 0 bridgehead atoms. The van der Waals surface area contributed by atoms with Crippen molar-refractivity contribution in [3.8, 4) is 0 Å². The molecule has 0 spiro atoms. The van der Waals surface area contributed by atoms with Crippen molar-refractivity contribution < 1.29 is 17.6 Å². The van der Waals surface area contributed by atoms with Crippen LogP contribution in [0.4, 0.5) is 10.1 Å². The number of carbonyl (C=O) groups is 1. The van der Waals surface area contributed by atoms with Gasteiger partial charge in [0.05, 0.1) is 0 Å². The molecule has 1 aliphatic heterocycles. The van der Waals surface area contributed by atoms with Gasteiger partial charge in [0.2, 0.25) is 15.9 Å². The Morgan fingerprint density at radius 1 is 1.12 bits per heavy atom. The summed E-state index contributed by atoms with van der Waals surface area (Å²) in [6, 6.07) is 12.3. The Kier molecular flexibility index (Phi) is 4.64. The van der Waals surface area contributed by atoms with Crippen LogP contribution in [-0.2, 0) is 21.4 Å². The molecule has 0 saturated carbocycles. The van der Waals surface area contributed by atoms with E-state index in [0.717, 1.165) is 18.2 Å². The van der Waals surface area contributed by atoms with Crippen LogP contribution in [0.15, 0.2) is 53.4 Å². The molecule has 2 aromatic carbocycles. The molecule has 7 heteroatoms. The zero-order valence-corrected chi connectivity index (χ0v) is 13.7. The lowest BCUT2D eigenvalue weighted by Gasteiger charge is -2.16. The minimum Gasteiger partial charge on any atom is -0.312 e. The predicted octanol–water partition coefficient (Wildman–Crippen LogP) is 2.43. The number of carbonyl (C=O) groups excluding carboxylic acids is 1. The second-order valence-electron chi connectivity index (χ2n) is 5.57. The third-order valence-electron chi connectivity index (χ3n) is 3.89. The molecule has 3 rings (SSSR count). The maximum atomic E-state index is 13.7. The van der Waals surface area contributed by atoms with Crippen LogP contribution in [0.1, 0.15) is 18.4 Å². The quantitative estimate of drug-likeness (QED) is 0.902. The van der Waals surface area contributed by atoms with Gasteiger partial charge in [-0.15, -0.1) is 0 Å². The fourth-order valence-electron chi connectivity index (χ4n) is 2.67. The lowest BCUT2D eigenvalue weighted by atomic mass is 10.2. The molecule has 0 aromatic heterocycles. The monoisotopic (exact) mass is 348 g/mol. The smallest absolute Gasteiger partial charge is 0.243 e. The second kappa shape index (κ2) is 6.70. The van der Waals surface area contributed by atoms with E-state index in [0.29, 0.717) is 18.5 Å². The summed E-state index contributed by atoms with van der Waals surface area (Å²) >= 11 is 0. The molecule has 2 aromatic rings. The summed E-state index contributed by atoms with van der Waals surface area (Å²) in [6.45, 7) is 0.690. The zero-order valence-electron chi connectivity index (χ0n) is 12.9. The molecule has 126 valence electrons. The maximum absolute atomic E-state index is 13.7. The molecule has 0 unspecified atom stereocenters. The van der Waals surface area contributed by atoms with Crippen LogP contribution in [0.25, 0.3) is 0 Å². The molecule has 1 amide bonds. The summed E-state index contributed by atoms with van der Waals surface area (Å²) in [4.78, 5) is 13.1. The number of anilines is 1. The summed E-state index contributed by atoms with van der Waals surface area (Å²) in [5, 5.41) is 0. The van der Waals surface area contributed by atoms with Gasteiger partial charge in [0.25, 0.3) is 0 Å². The van der Waals surface area contributed by atoms with Gasteiger partial charge < -0.3 is 4.90 Å². The maximum Gasteiger partial charge on any atom is 0.243 e. The Hall–Kier alpha value is -2.25. The van der Waals surface area contributed by atoms with E-state index in [-0.39, 0.29) is 17.3 Å². The van der Waals surface area contributed by atoms with E-state index in [9.17, 15) is 17.6 Å². The number of hydrogen-bond acceptors (Lipinski definition) is 3. The Balaban J connectivity index is 1.75. The van der Waals surface area contributed by atoms with Crippen molar-refractivity contribution >= 4 is 21.6 Å². The van der Waals surface area contributed by atoms with Gasteiger partial charge in [-0.1, -0.05) is 24.3 Å². The third kappa shape index (κ3) is 3.47. The van der Waals surface area contributed by atoms with Gasteiger partial charge in [-0.3, -0.25) is 4.79 Å². The van der Waals surface area contributed by atoms with Crippen molar-refractivity contribution in [2.24, 2.45) is 0 Å². The Labute approximate surface area is 140 Å². The van der Waals surface area contributed by atoms with Gasteiger partial charge in [0.1, 0.15) is 10.7 Å². The van der Waals surface area contributed by atoms with E-state index < -0.39 is 15.8 Å². The normalized spacial score (nSPS) is 15.0. The second-order valence-corrected chi connectivity index (χ2v) is 7.31. The molecule has 5 nitrogen and oxygen atoms in total. The van der Waals surface area contributed by atoms with Crippen LogP contribution in [0, 0.1) is 5.82 Å². The van der Waals surface area contributed by atoms with E-state index in [4.69, 9.17) is 0 Å². The molecule has 1 fully saturated rings. The highest BCUT2D eigenvalue weighted by molar-refractivity contribution is 7.89. The number of nitrogens with one attached hydrogen (secondary N) is 1.